The third-order valence-electron chi connectivity index (χ3n) is 7.34. The van der Waals surface area contributed by atoms with Gasteiger partial charge in [-0.3, -0.25) is 4.79 Å². The van der Waals surface area contributed by atoms with Crippen LogP contribution >= 0.6 is 0 Å². The van der Waals surface area contributed by atoms with E-state index in [1.54, 1.807) is 4.90 Å². The number of allylic oxidation sites excluding steroid dienone is 2. The van der Waals surface area contributed by atoms with Crippen molar-refractivity contribution in [2.45, 2.75) is 71.8 Å². The predicted octanol–water partition coefficient (Wildman–Crippen LogP) is 5.16. The van der Waals surface area contributed by atoms with Crippen molar-refractivity contribution >= 4 is 17.6 Å². The van der Waals surface area contributed by atoms with Gasteiger partial charge in [0.05, 0.1) is 6.61 Å². The first-order valence-corrected chi connectivity index (χ1v) is 13.2. The molecule has 35 heavy (non-hydrogen) atoms. The van der Waals surface area contributed by atoms with Gasteiger partial charge in [0.1, 0.15) is 5.60 Å². The van der Waals surface area contributed by atoms with Gasteiger partial charge in [-0.05, 0) is 88.3 Å². The van der Waals surface area contributed by atoms with E-state index in [2.05, 4.69) is 29.0 Å². The zero-order valence-corrected chi connectivity index (χ0v) is 21.8. The number of aromatic nitrogens is 1. The van der Waals surface area contributed by atoms with Gasteiger partial charge in [-0.1, -0.05) is 13.0 Å². The quantitative estimate of drug-likeness (QED) is 0.579. The Bertz CT molecular complexity index is 913. The highest BCUT2D eigenvalue weighted by molar-refractivity contribution is 5.81. The molecule has 3 heterocycles. The van der Waals surface area contributed by atoms with Crippen LogP contribution in [0.25, 0.3) is 5.57 Å². The van der Waals surface area contributed by atoms with E-state index >= 15 is 0 Å². The van der Waals surface area contributed by atoms with Crippen LogP contribution in [0.4, 0.5) is 4.79 Å². The van der Waals surface area contributed by atoms with E-state index < -0.39 is 5.60 Å². The molecule has 2 unspecified atom stereocenters. The fourth-order valence-electron chi connectivity index (χ4n) is 5.18. The summed E-state index contributed by atoms with van der Waals surface area (Å²) in [7, 11) is 0. The second kappa shape index (κ2) is 11.0. The molecule has 192 valence electrons. The molecule has 2 atom stereocenters. The summed E-state index contributed by atoms with van der Waals surface area (Å²) in [4.78, 5) is 33.4. The van der Waals surface area contributed by atoms with Gasteiger partial charge in [0.25, 0.3) is 0 Å². The molecule has 7 heteroatoms. The second-order valence-electron chi connectivity index (χ2n) is 11.5. The molecule has 0 saturated carbocycles. The standard InChI is InChI=1S/C28H41N3O4/c1-20-11-14-31(18-20)26(32)23-7-5-22(6-8-23)24-9-10-25(29-17-24)34-19-21-12-15-30(16-13-21)27(33)35-28(2,3)4/h5,9-10,17,20-21,23H,6-8,11-16,18-19H2,1-4H3. The maximum atomic E-state index is 12.8. The number of ether oxygens (including phenoxy) is 2. The normalized spacial score (nSPS) is 23.7. The summed E-state index contributed by atoms with van der Waals surface area (Å²) >= 11 is 0. The number of rotatable bonds is 5. The minimum atomic E-state index is -0.464. The van der Waals surface area contributed by atoms with Crippen LogP contribution < -0.4 is 4.74 Å². The average Bonchev–Trinajstić information content (AvgIpc) is 3.28. The van der Waals surface area contributed by atoms with Crippen LogP contribution in [0.1, 0.15) is 71.8 Å². The fourth-order valence-corrected chi connectivity index (χ4v) is 5.18. The molecule has 7 nitrogen and oxygen atoms in total. The molecule has 2 aliphatic heterocycles. The predicted molar refractivity (Wildman–Crippen MR) is 136 cm³/mol. The molecule has 0 spiro atoms. The van der Waals surface area contributed by atoms with Crippen molar-refractivity contribution in [2.75, 3.05) is 32.8 Å². The Morgan fingerprint density at radius 2 is 1.80 bits per heavy atom. The van der Waals surface area contributed by atoms with Gasteiger partial charge >= 0.3 is 6.09 Å². The smallest absolute Gasteiger partial charge is 0.410 e. The van der Waals surface area contributed by atoms with E-state index in [0.717, 1.165) is 57.2 Å². The number of carbonyl (C=O) groups excluding carboxylic acids is 2. The highest BCUT2D eigenvalue weighted by Gasteiger charge is 2.30. The first-order valence-electron chi connectivity index (χ1n) is 13.2. The Morgan fingerprint density at radius 1 is 1.06 bits per heavy atom. The van der Waals surface area contributed by atoms with Crippen molar-refractivity contribution in [1.29, 1.82) is 0 Å². The average molecular weight is 484 g/mol. The van der Waals surface area contributed by atoms with E-state index in [4.69, 9.17) is 9.47 Å². The second-order valence-corrected chi connectivity index (χ2v) is 11.5. The van der Waals surface area contributed by atoms with Crippen LogP contribution in [0, 0.1) is 17.8 Å². The number of likely N-dealkylation sites (tertiary alicyclic amines) is 2. The molecule has 0 radical (unpaired) electrons. The van der Waals surface area contributed by atoms with Crippen molar-refractivity contribution in [3.63, 3.8) is 0 Å². The Hall–Kier alpha value is -2.57. The van der Waals surface area contributed by atoms with Crippen molar-refractivity contribution in [1.82, 2.24) is 14.8 Å². The lowest BCUT2D eigenvalue weighted by molar-refractivity contribution is -0.134. The number of piperidine rings is 1. The summed E-state index contributed by atoms with van der Waals surface area (Å²) in [5.74, 6) is 2.13. The highest BCUT2D eigenvalue weighted by atomic mass is 16.6. The zero-order valence-electron chi connectivity index (χ0n) is 21.8. The number of hydrogen-bond acceptors (Lipinski definition) is 5. The first-order chi connectivity index (χ1) is 16.7. The molecule has 3 aliphatic rings. The van der Waals surface area contributed by atoms with Crippen LogP contribution in [0.5, 0.6) is 5.88 Å². The minimum Gasteiger partial charge on any atom is -0.477 e. The monoisotopic (exact) mass is 483 g/mol. The number of nitrogens with zero attached hydrogens (tertiary/aromatic N) is 3. The molecule has 1 aromatic rings. The SMILES string of the molecule is CC1CCN(C(=O)C2CC=C(c3ccc(OCC4CCN(C(=O)OC(C)(C)C)CC4)nc3)CC2)C1. The van der Waals surface area contributed by atoms with Gasteiger partial charge in [0.15, 0.2) is 0 Å². The summed E-state index contributed by atoms with van der Waals surface area (Å²) < 4.78 is 11.4. The zero-order chi connectivity index (χ0) is 25.0. The largest absolute Gasteiger partial charge is 0.477 e. The number of carbonyl (C=O) groups is 2. The molecule has 0 N–H and O–H groups in total. The topological polar surface area (TPSA) is 72.0 Å². The third kappa shape index (κ3) is 6.98. The Kier molecular flexibility index (Phi) is 8.02. The third-order valence-corrected chi connectivity index (χ3v) is 7.34. The number of hydrogen-bond donors (Lipinski definition) is 0. The highest BCUT2D eigenvalue weighted by Crippen LogP contribution is 2.32. The number of amides is 2. The van der Waals surface area contributed by atoms with E-state index in [0.29, 0.717) is 43.3 Å². The lowest BCUT2D eigenvalue weighted by atomic mass is 9.86. The van der Waals surface area contributed by atoms with Crippen molar-refractivity contribution in [3.8, 4) is 5.88 Å². The van der Waals surface area contributed by atoms with E-state index in [9.17, 15) is 9.59 Å². The fraction of sp³-hybridized carbons (Fsp3) is 0.679. The van der Waals surface area contributed by atoms with E-state index in [-0.39, 0.29) is 12.0 Å². The molecule has 0 aromatic carbocycles. The van der Waals surface area contributed by atoms with E-state index in [1.807, 2.05) is 33.0 Å². The van der Waals surface area contributed by atoms with Crippen LogP contribution in [0.3, 0.4) is 0 Å². The molecule has 2 fully saturated rings. The lowest BCUT2D eigenvalue weighted by Gasteiger charge is -2.33. The van der Waals surface area contributed by atoms with Crippen LogP contribution in [-0.2, 0) is 9.53 Å². The molecule has 2 saturated heterocycles. The van der Waals surface area contributed by atoms with Crippen molar-refractivity contribution in [3.05, 3.63) is 30.0 Å². The van der Waals surface area contributed by atoms with Crippen LogP contribution in [0.15, 0.2) is 24.4 Å². The molecular weight excluding hydrogens is 442 g/mol. The van der Waals surface area contributed by atoms with Gasteiger partial charge in [-0.2, -0.15) is 0 Å². The van der Waals surface area contributed by atoms with Gasteiger partial charge in [-0.15, -0.1) is 0 Å². The van der Waals surface area contributed by atoms with Crippen LogP contribution in [-0.4, -0.2) is 65.2 Å². The molecular formula is C28H41N3O4. The first kappa shape index (κ1) is 25.5. The van der Waals surface area contributed by atoms with Crippen molar-refractivity contribution < 1.29 is 19.1 Å². The van der Waals surface area contributed by atoms with Crippen LogP contribution in [0.2, 0.25) is 0 Å². The maximum absolute atomic E-state index is 12.8. The van der Waals surface area contributed by atoms with E-state index in [1.165, 1.54) is 5.57 Å². The summed E-state index contributed by atoms with van der Waals surface area (Å²) in [5, 5.41) is 0. The Morgan fingerprint density at radius 3 is 2.37 bits per heavy atom. The number of pyridine rings is 1. The maximum Gasteiger partial charge on any atom is 0.410 e. The summed E-state index contributed by atoms with van der Waals surface area (Å²) in [5.41, 5.74) is 1.93. The van der Waals surface area contributed by atoms with Gasteiger partial charge < -0.3 is 19.3 Å². The lowest BCUT2D eigenvalue weighted by Crippen LogP contribution is -2.42. The van der Waals surface area contributed by atoms with Gasteiger partial charge in [0, 0.05) is 44.4 Å². The van der Waals surface area contributed by atoms with Gasteiger partial charge in [0.2, 0.25) is 11.8 Å². The summed E-state index contributed by atoms with van der Waals surface area (Å²) in [6.07, 6.45) is 9.46. The van der Waals surface area contributed by atoms with Crippen molar-refractivity contribution in [2.24, 2.45) is 17.8 Å². The summed E-state index contributed by atoms with van der Waals surface area (Å²) in [6.45, 7) is 11.7. The molecule has 4 rings (SSSR count). The minimum absolute atomic E-state index is 0.126. The molecule has 1 aliphatic carbocycles. The molecule has 0 bridgehead atoms. The molecule has 1 aromatic heterocycles. The molecule has 2 amide bonds. The summed E-state index contributed by atoms with van der Waals surface area (Å²) in [6, 6.07) is 4.01. The van der Waals surface area contributed by atoms with Gasteiger partial charge in [-0.25, -0.2) is 9.78 Å². The Labute approximate surface area is 209 Å². The Balaban J connectivity index is 1.20.